The standard InChI is InChI=1S/C24H20ClN3O4S/c1-31-16-11-15(12-17(13-16)32-2)26-22(29)14-33-24-27-20-9-5-3-7-18(20)23(30)28(24)21-10-6-4-8-19(21)25/h3-13H,14H2,1-2H3,(H,26,29). The summed E-state index contributed by atoms with van der Waals surface area (Å²) in [7, 11) is 3.07. The second-order valence-corrected chi connectivity index (χ2v) is 8.29. The average molecular weight is 482 g/mol. The first kappa shape index (κ1) is 22.7. The van der Waals surface area contributed by atoms with Gasteiger partial charge in [-0.1, -0.05) is 47.6 Å². The van der Waals surface area contributed by atoms with Crippen molar-refractivity contribution >= 4 is 45.9 Å². The van der Waals surface area contributed by atoms with Crippen molar-refractivity contribution in [2.24, 2.45) is 0 Å². The highest BCUT2D eigenvalue weighted by atomic mass is 35.5. The summed E-state index contributed by atoms with van der Waals surface area (Å²) in [6.45, 7) is 0. The fourth-order valence-electron chi connectivity index (χ4n) is 3.26. The zero-order valence-corrected chi connectivity index (χ0v) is 19.4. The normalized spacial score (nSPS) is 10.8. The molecule has 1 heterocycles. The number of halogens is 1. The minimum atomic E-state index is -0.275. The molecule has 0 saturated carbocycles. The maximum absolute atomic E-state index is 13.3. The summed E-state index contributed by atoms with van der Waals surface area (Å²) >= 11 is 7.53. The predicted molar refractivity (Wildman–Crippen MR) is 131 cm³/mol. The number of para-hydroxylation sites is 2. The molecule has 33 heavy (non-hydrogen) atoms. The van der Waals surface area contributed by atoms with Crippen molar-refractivity contribution < 1.29 is 14.3 Å². The van der Waals surface area contributed by atoms with Crippen LogP contribution in [0, 0.1) is 0 Å². The number of fused-ring (bicyclic) bond motifs is 1. The summed E-state index contributed by atoms with van der Waals surface area (Å²) in [5.41, 5.74) is 1.33. The Hall–Kier alpha value is -3.49. The Morgan fingerprint density at radius 2 is 1.70 bits per heavy atom. The number of methoxy groups -OCH3 is 2. The molecular formula is C24H20ClN3O4S. The smallest absolute Gasteiger partial charge is 0.266 e. The summed E-state index contributed by atoms with van der Waals surface area (Å²) in [5, 5.41) is 4.06. The molecule has 0 aliphatic rings. The zero-order valence-electron chi connectivity index (χ0n) is 17.9. The number of rotatable bonds is 7. The molecule has 9 heteroatoms. The monoisotopic (exact) mass is 481 g/mol. The van der Waals surface area contributed by atoms with E-state index in [1.165, 1.54) is 18.8 Å². The molecule has 4 aromatic rings. The van der Waals surface area contributed by atoms with Crippen molar-refractivity contribution in [3.05, 3.63) is 82.1 Å². The lowest BCUT2D eigenvalue weighted by molar-refractivity contribution is -0.113. The van der Waals surface area contributed by atoms with Gasteiger partial charge in [-0.15, -0.1) is 0 Å². The summed E-state index contributed by atoms with van der Waals surface area (Å²) in [4.78, 5) is 30.6. The maximum Gasteiger partial charge on any atom is 0.266 e. The summed E-state index contributed by atoms with van der Waals surface area (Å²) in [6, 6.07) is 19.2. The molecule has 0 aliphatic carbocycles. The molecule has 0 saturated heterocycles. The summed E-state index contributed by atoms with van der Waals surface area (Å²) in [5.74, 6) is 0.861. The molecule has 1 amide bonds. The maximum atomic E-state index is 13.3. The third kappa shape index (κ3) is 4.97. The Labute approximate surface area is 199 Å². The highest BCUT2D eigenvalue weighted by Gasteiger charge is 2.17. The first-order valence-corrected chi connectivity index (χ1v) is 11.3. The van der Waals surface area contributed by atoms with Crippen LogP contribution in [-0.4, -0.2) is 35.4 Å². The van der Waals surface area contributed by atoms with E-state index in [0.29, 0.717) is 44.0 Å². The van der Waals surface area contributed by atoms with Crippen LogP contribution in [-0.2, 0) is 4.79 Å². The van der Waals surface area contributed by atoms with Gasteiger partial charge < -0.3 is 14.8 Å². The van der Waals surface area contributed by atoms with E-state index in [4.69, 9.17) is 21.1 Å². The van der Waals surface area contributed by atoms with Gasteiger partial charge in [-0.2, -0.15) is 0 Å². The molecule has 7 nitrogen and oxygen atoms in total. The van der Waals surface area contributed by atoms with Crippen molar-refractivity contribution in [1.82, 2.24) is 9.55 Å². The van der Waals surface area contributed by atoms with Gasteiger partial charge in [0.15, 0.2) is 5.16 Å². The second kappa shape index (κ2) is 9.97. The van der Waals surface area contributed by atoms with Crippen LogP contribution in [0.15, 0.2) is 76.7 Å². The fourth-order valence-corrected chi connectivity index (χ4v) is 4.29. The van der Waals surface area contributed by atoms with Crippen LogP contribution in [0.4, 0.5) is 5.69 Å². The number of amides is 1. The van der Waals surface area contributed by atoms with E-state index in [-0.39, 0.29) is 17.2 Å². The number of hydrogen-bond acceptors (Lipinski definition) is 6. The molecule has 1 N–H and O–H groups in total. The van der Waals surface area contributed by atoms with Crippen molar-refractivity contribution in [2.45, 2.75) is 5.16 Å². The SMILES string of the molecule is COc1cc(NC(=O)CSc2nc3ccccc3c(=O)n2-c2ccccc2Cl)cc(OC)c1. The largest absolute Gasteiger partial charge is 0.497 e. The molecule has 1 aromatic heterocycles. The highest BCUT2D eigenvalue weighted by molar-refractivity contribution is 7.99. The number of carbonyl (C=O) groups is 1. The van der Waals surface area contributed by atoms with Gasteiger partial charge in [0.2, 0.25) is 5.91 Å². The van der Waals surface area contributed by atoms with Gasteiger partial charge in [-0.05, 0) is 24.3 Å². The Kier molecular flexibility index (Phi) is 6.86. The van der Waals surface area contributed by atoms with Gasteiger partial charge in [0, 0.05) is 23.9 Å². The number of nitrogens with zero attached hydrogens (tertiary/aromatic N) is 2. The van der Waals surface area contributed by atoms with E-state index in [2.05, 4.69) is 10.3 Å². The number of hydrogen-bond donors (Lipinski definition) is 1. The van der Waals surface area contributed by atoms with Crippen LogP contribution in [0.2, 0.25) is 5.02 Å². The molecule has 0 bridgehead atoms. The molecule has 168 valence electrons. The van der Waals surface area contributed by atoms with Gasteiger partial charge in [-0.3, -0.25) is 14.2 Å². The fraction of sp³-hybridized carbons (Fsp3) is 0.125. The Balaban J connectivity index is 1.65. The Bertz CT molecular complexity index is 1370. The van der Waals surface area contributed by atoms with Gasteiger partial charge >= 0.3 is 0 Å². The number of ether oxygens (including phenoxy) is 2. The van der Waals surface area contributed by atoms with Crippen LogP contribution in [0.1, 0.15) is 0 Å². The van der Waals surface area contributed by atoms with Crippen LogP contribution >= 0.6 is 23.4 Å². The zero-order chi connectivity index (χ0) is 23.4. The Morgan fingerprint density at radius 1 is 1.03 bits per heavy atom. The Morgan fingerprint density at radius 3 is 2.39 bits per heavy atom. The van der Waals surface area contributed by atoms with Crippen LogP contribution < -0.4 is 20.3 Å². The molecule has 0 unspecified atom stereocenters. The molecule has 0 fully saturated rings. The van der Waals surface area contributed by atoms with Gasteiger partial charge in [0.1, 0.15) is 11.5 Å². The quantitative estimate of drug-likeness (QED) is 0.302. The van der Waals surface area contributed by atoms with E-state index >= 15 is 0 Å². The number of anilines is 1. The van der Waals surface area contributed by atoms with Crippen molar-refractivity contribution in [3.8, 4) is 17.2 Å². The molecule has 0 radical (unpaired) electrons. The van der Waals surface area contributed by atoms with Crippen molar-refractivity contribution in [1.29, 1.82) is 0 Å². The molecular weight excluding hydrogens is 462 g/mol. The number of nitrogens with one attached hydrogen (secondary N) is 1. The van der Waals surface area contributed by atoms with Crippen molar-refractivity contribution in [3.63, 3.8) is 0 Å². The van der Waals surface area contributed by atoms with E-state index < -0.39 is 0 Å². The molecule has 0 aliphatic heterocycles. The molecule has 0 spiro atoms. The van der Waals surface area contributed by atoms with Crippen LogP contribution in [0.5, 0.6) is 11.5 Å². The van der Waals surface area contributed by atoms with Crippen LogP contribution in [0.3, 0.4) is 0 Å². The first-order valence-electron chi connectivity index (χ1n) is 9.92. The minimum Gasteiger partial charge on any atom is -0.497 e. The van der Waals surface area contributed by atoms with Gasteiger partial charge in [-0.25, -0.2) is 4.98 Å². The van der Waals surface area contributed by atoms with Crippen LogP contribution in [0.25, 0.3) is 16.6 Å². The van der Waals surface area contributed by atoms with E-state index in [0.717, 1.165) is 11.8 Å². The number of thioether (sulfide) groups is 1. The molecule has 0 atom stereocenters. The second-order valence-electron chi connectivity index (χ2n) is 6.94. The first-order chi connectivity index (χ1) is 16.0. The lowest BCUT2D eigenvalue weighted by Gasteiger charge is -2.14. The number of benzene rings is 3. The lowest BCUT2D eigenvalue weighted by atomic mass is 10.2. The number of carbonyl (C=O) groups excluding carboxylic acids is 1. The third-order valence-electron chi connectivity index (χ3n) is 4.81. The van der Waals surface area contributed by atoms with E-state index in [1.807, 2.05) is 6.07 Å². The topological polar surface area (TPSA) is 82.5 Å². The van der Waals surface area contributed by atoms with Gasteiger partial charge in [0.05, 0.1) is 41.6 Å². The summed E-state index contributed by atoms with van der Waals surface area (Å²) in [6.07, 6.45) is 0. The lowest BCUT2D eigenvalue weighted by Crippen LogP contribution is -2.23. The molecule has 3 aromatic carbocycles. The average Bonchev–Trinajstić information content (AvgIpc) is 2.83. The predicted octanol–water partition coefficient (Wildman–Crippen LogP) is 4.79. The van der Waals surface area contributed by atoms with Crippen molar-refractivity contribution in [2.75, 3.05) is 25.3 Å². The minimum absolute atomic E-state index is 0.0226. The third-order valence-corrected chi connectivity index (χ3v) is 6.06. The molecule has 4 rings (SSSR count). The highest BCUT2D eigenvalue weighted by Crippen LogP contribution is 2.28. The number of aromatic nitrogens is 2. The summed E-state index contributed by atoms with van der Waals surface area (Å²) < 4.78 is 11.9. The van der Waals surface area contributed by atoms with Gasteiger partial charge in [0.25, 0.3) is 5.56 Å². The van der Waals surface area contributed by atoms with E-state index in [9.17, 15) is 9.59 Å². The van der Waals surface area contributed by atoms with E-state index in [1.54, 1.807) is 60.7 Å².